The summed E-state index contributed by atoms with van der Waals surface area (Å²) in [6.45, 7) is -1.19. The highest BCUT2D eigenvalue weighted by Gasteiger charge is 2.19. The van der Waals surface area contributed by atoms with Crippen molar-refractivity contribution >= 4 is 50.4 Å². The molecule has 12 heteroatoms. The first-order valence-electron chi connectivity index (χ1n) is 8.51. The fourth-order valence-electron chi connectivity index (χ4n) is 2.29. The number of hydrogen-bond donors (Lipinski definition) is 2. The molecular formula is C18H17F2N5O3S2. The van der Waals surface area contributed by atoms with Gasteiger partial charge in [-0.3, -0.25) is 14.9 Å². The zero-order chi connectivity index (χ0) is 21.8. The van der Waals surface area contributed by atoms with Gasteiger partial charge in [0.05, 0.1) is 5.69 Å². The summed E-state index contributed by atoms with van der Waals surface area (Å²) in [6, 6.07) is 5.90. The maximum Gasteiger partial charge on any atom is 0.387 e. The molecule has 0 aliphatic heterocycles. The van der Waals surface area contributed by atoms with Crippen LogP contribution in [0.25, 0.3) is 0 Å². The van der Waals surface area contributed by atoms with Gasteiger partial charge in [-0.2, -0.15) is 8.78 Å². The summed E-state index contributed by atoms with van der Waals surface area (Å²) in [5.74, 6) is -0.603. The van der Waals surface area contributed by atoms with E-state index < -0.39 is 12.5 Å². The van der Waals surface area contributed by atoms with Crippen LogP contribution in [0.1, 0.15) is 25.9 Å². The molecule has 0 aliphatic rings. The highest BCUT2D eigenvalue weighted by Crippen LogP contribution is 2.26. The predicted octanol–water partition coefficient (Wildman–Crippen LogP) is 4.21. The van der Waals surface area contributed by atoms with Crippen LogP contribution in [0.3, 0.4) is 0 Å². The predicted molar refractivity (Wildman–Crippen MR) is 111 cm³/mol. The van der Waals surface area contributed by atoms with E-state index in [4.69, 9.17) is 0 Å². The van der Waals surface area contributed by atoms with Crippen LogP contribution in [0.15, 0.2) is 29.6 Å². The van der Waals surface area contributed by atoms with Crippen molar-refractivity contribution in [3.63, 3.8) is 0 Å². The fraction of sp³-hybridized carbons (Fsp3) is 0.222. The lowest BCUT2D eigenvalue weighted by Crippen LogP contribution is -2.21. The Morgan fingerprint density at radius 1 is 1.13 bits per heavy atom. The number of amides is 2. The lowest BCUT2D eigenvalue weighted by Gasteiger charge is -2.07. The molecule has 0 fully saturated rings. The molecular weight excluding hydrogens is 436 g/mol. The normalized spacial score (nSPS) is 10.7. The second kappa shape index (κ2) is 9.13. The molecule has 2 N–H and O–H groups in total. The minimum Gasteiger partial charge on any atom is -0.435 e. The minimum absolute atomic E-state index is 0.0422. The van der Waals surface area contributed by atoms with Crippen molar-refractivity contribution in [2.24, 2.45) is 0 Å². The lowest BCUT2D eigenvalue weighted by atomic mass is 10.3. The van der Waals surface area contributed by atoms with Crippen molar-refractivity contribution in [1.29, 1.82) is 0 Å². The Morgan fingerprint density at radius 3 is 2.47 bits per heavy atom. The van der Waals surface area contributed by atoms with Crippen molar-refractivity contribution < 1.29 is 23.1 Å². The van der Waals surface area contributed by atoms with Gasteiger partial charge in [0.1, 0.15) is 16.3 Å². The third-order valence-corrected chi connectivity index (χ3v) is 5.50. The number of carbonyl (C=O) groups is 2. The number of rotatable bonds is 7. The van der Waals surface area contributed by atoms with Crippen molar-refractivity contribution in [2.75, 3.05) is 24.7 Å². The number of aromatic nitrogens is 2. The van der Waals surface area contributed by atoms with E-state index in [-0.39, 0.29) is 17.4 Å². The van der Waals surface area contributed by atoms with Crippen molar-refractivity contribution in [3.05, 3.63) is 45.9 Å². The number of alkyl halides is 2. The van der Waals surface area contributed by atoms with Crippen LogP contribution in [0.5, 0.6) is 5.75 Å². The molecule has 0 saturated heterocycles. The van der Waals surface area contributed by atoms with Crippen LogP contribution in [0.2, 0.25) is 0 Å². The van der Waals surface area contributed by atoms with Gasteiger partial charge in [0, 0.05) is 25.2 Å². The molecule has 3 aromatic rings. The van der Waals surface area contributed by atoms with E-state index >= 15 is 0 Å². The highest BCUT2D eigenvalue weighted by molar-refractivity contribution is 7.17. The molecule has 0 aliphatic carbocycles. The molecule has 8 nitrogen and oxygen atoms in total. The Labute approximate surface area is 178 Å². The molecule has 2 amide bonds. The highest BCUT2D eigenvalue weighted by atomic mass is 32.1. The van der Waals surface area contributed by atoms with Crippen molar-refractivity contribution in [1.82, 2.24) is 14.9 Å². The molecule has 0 atom stereocenters. The maximum atomic E-state index is 12.4. The summed E-state index contributed by atoms with van der Waals surface area (Å²) in [6.07, 6.45) is 0. The topological polar surface area (TPSA) is 96.5 Å². The van der Waals surface area contributed by atoms with E-state index in [9.17, 15) is 18.4 Å². The number of thiazole rings is 2. The van der Waals surface area contributed by atoms with Crippen LogP contribution < -0.4 is 15.4 Å². The van der Waals surface area contributed by atoms with Gasteiger partial charge in [-0.15, -0.1) is 11.3 Å². The zero-order valence-corrected chi connectivity index (χ0v) is 17.7. The Hall–Kier alpha value is -3.12. The van der Waals surface area contributed by atoms with Gasteiger partial charge in [0.2, 0.25) is 0 Å². The molecule has 0 unspecified atom stereocenters. The summed E-state index contributed by atoms with van der Waals surface area (Å²) in [5.41, 5.74) is 1.31. The molecule has 0 radical (unpaired) electrons. The number of ether oxygens (including phenoxy) is 1. The Bertz CT molecular complexity index is 1050. The van der Waals surface area contributed by atoms with Gasteiger partial charge >= 0.3 is 6.61 Å². The monoisotopic (exact) mass is 453 g/mol. The average molecular weight is 453 g/mol. The van der Waals surface area contributed by atoms with E-state index in [1.807, 2.05) is 0 Å². The molecule has 1 aromatic carbocycles. The zero-order valence-electron chi connectivity index (χ0n) is 16.1. The number of aryl methyl sites for hydroxylation is 1. The summed E-state index contributed by atoms with van der Waals surface area (Å²) in [4.78, 5) is 34.9. The van der Waals surface area contributed by atoms with E-state index in [1.165, 1.54) is 28.4 Å². The van der Waals surface area contributed by atoms with E-state index in [0.29, 0.717) is 26.5 Å². The number of nitrogens with zero attached hydrogens (tertiary/aromatic N) is 3. The molecule has 158 valence electrons. The number of benzene rings is 1. The van der Waals surface area contributed by atoms with E-state index in [2.05, 4.69) is 25.3 Å². The summed E-state index contributed by atoms with van der Waals surface area (Å²) >= 11 is 2.30. The van der Waals surface area contributed by atoms with Crippen molar-refractivity contribution in [2.45, 2.75) is 13.5 Å². The summed E-state index contributed by atoms with van der Waals surface area (Å²) < 4.78 is 28.7. The third-order valence-electron chi connectivity index (χ3n) is 3.69. The van der Waals surface area contributed by atoms with E-state index in [0.717, 1.165) is 11.3 Å². The second-order valence-electron chi connectivity index (χ2n) is 6.15. The Morgan fingerprint density at radius 2 is 1.83 bits per heavy atom. The Kier molecular flexibility index (Phi) is 6.57. The fourth-order valence-corrected chi connectivity index (χ4v) is 3.98. The molecule has 2 aromatic heterocycles. The molecule has 0 saturated carbocycles. The number of carbonyl (C=O) groups excluding carboxylic acids is 2. The first-order chi connectivity index (χ1) is 14.2. The minimum atomic E-state index is -2.89. The standard InChI is InChI=1S/C18H17F2N5O3S2/c1-9-13(15(27)25(2)3)30-18(21-9)24-14(26)12-8-29-17(23-12)22-10-4-6-11(7-5-10)28-16(19)20/h4-8,16H,1-3H3,(H,22,23)(H,21,24,26). The van der Waals surface area contributed by atoms with Crippen LogP contribution in [-0.2, 0) is 0 Å². The van der Waals surface area contributed by atoms with E-state index in [1.54, 1.807) is 38.5 Å². The quantitative estimate of drug-likeness (QED) is 0.556. The number of anilines is 3. The molecule has 0 bridgehead atoms. The van der Waals surface area contributed by atoms with Crippen LogP contribution in [-0.4, -0.2) is 47.4 Å². The third kappa shape index (κ3) is 5.27. The van der Waals surface area contributed by atoms with Crippen molar-refractivity contribution in [3.8, 4) is 5.75 Å². The maximum absolute atomic E-state index is 12.4. The van der Waals surface area contributed by atoms with Crippen LogP contribution in [0.4, 0.5) is 24.7 Å². The summed E-state index contributed by atoms with van der Waals surface area (Å²) in [5, 5.41) is 7.95. The van der Waals surface area contributed by atoms with Gasteiger partial charge in [-0.05, 0) is 31.2 Å². The average Bonchev–Trinajstić information content (AvgIpc) is 3.29. The number of hydrogen-bond acceptors (Lipinski definition) is 8. The second-order valence-corrected chi connectivity index (χ2v) is 8.01. The molecule has 3 rings (SSSR count). The van der Waals surface area contributed by atoms with Crippen LogP contribution in [0, 0.1) is 6.92 Å². The number of nitrogens with one attached hydrogen (secondary N) is 2. The summed E-state index contributed by atoms with van der Waals surface area (Å²) in [7, 11) is 3.28. The molecule has 2 heterocycles. The van der Waals surface area contributed by atoms with Gasteiger partial charge in [-0.25, -0.2) is 9.97 Å². The van der Waals surface area contributed by atoms with Gasteiger partial charge in [-0.1, -0.05) is 11.3 Å². The van der Waals surface area contributed by atoms with Gasteiger partial charge < -0.3 is 15.0 Å². The van der Waals surface area contributed by atoms with Gasteiger partial charge in [0.25, 0.3) is 11.8 Å². The number of halogens is 2. The SMILES string of the molecule is Cc1nc(NC(=O)c2csc(Nc3ccc(OC(F)F)cc3)n2)sc1C(=O)N(C)C. The molecule has 30 heavy (non-hydrogen) atoms. The largest absolute Gasteiger partial charge is 0.435 e. The molecule has 0 spiro atoms. The lowest BCUT2D eigenvalue weighted by molar-refractivity contribution is -0.0498. The smallest absolute Gasteiger partial charge is 0.387 e. The first-order valence-corrected chi connectivity index (χ1v) is 10.2. The van der Waals surface area contributed by atoms with Crippen LogP contribution >= 0.6 is 22.7 Å². The van der Waals surface area contributed by atoms with Gasteiger partial charge in [0.15, 0.2) is 10.3 Å². The first kappa shape index (κ1) is 21.6. The Balaban J connectivity index is 1.64.